The van der Waals surface area contributed by atoms with Crippen LogP contribution in [-0.2, 0) is 6.42 Å². The second kappa shape index (κ2) is 8.19. The first kappa shape index (κ1) is 17.5. The number of nitrogens with one attached hydrogen (secondary N) is 1. The van der Waals surface area contributed by atoms with Gasteiger partial charge in [0.25, 0.3) is 0 Å². The van der Waals surface area contributed by atoms with Gasteiger partial charge in [0.15, 0.2) is 0 Å². The number of halogens is 1. The molecule has 0 unspecified atom stereocenters. The summed E-state index contributed by atoms with van der Waals surface area (Å²) >= 11 is 6.26. The molecule has 0 saturated heterocycles. The van der Waals surface area contributed by atoms with Gasteiger partial charge in [-0.25, -0.2) is 4.98 Å². The van der Waals surface area contributed by atoms with Crippen LogP contribution in [0.1, 0.15) is 18.9 Å². The van der Waals surface area contributed by atoms with Crippen molar-refractivity contribution in [1.82, 2.24) is 4.98 Å². The summed E-state index contributed by atoms with van der Waals surface area (Å²) in [6.07, 6.45) is 1.95. The van der Waals surface area contributed by atoms with E-state index >= 15 is 0 Å². The number of hydrogen-bond donors (Lipinski definition) is 2. The summed E-state index contributed by atoms with van der Waals surface area (Å²) in [5, 5.41) is 13.9. The molecule has 25 heavy (non-hydrogen) atoms. The number of nitrogens with zero attached hydrogens (tertiary/aromatic N) is 1. The number of benzene rings is 2. The van der Waals surface area contributed by atoms with Crippen molar-refractivity contribution < 1.29 is 9.84 Å². The molecular weight excluding hydrogens is 336 g/mol. The fourth-order valence-electron chi connectivity index (χ4n) is 2.74. The third-order valence-corrected chi connectivity index (χ3v) is 4.19. The van der Waals surface area contributed by atoms with E-state index < -0.39 is 0 Å². The monoisotopic (exact) mass is 356 g/mol. The predicted octanol–water partition coefficient (Wildman–Crippen LogP) is 4.96. The van der Waals surface area contributed by atoms with Crippen molar-refractivity contribution in [1.29, 1.82) is 0 Å². The molecule has 3 rings (SSSR count). The average Bonchev–Trinajstić information content (AvgIpc) is 2.63. The Morgan fingerprint density at radius 3 is 2.84 bits per heavy atom. The summed E-state index contributed by atoms with van der Waals surface area (Å²) in [6.45, 7) is 2.44. The van der Waals surface area contributed by atoms with E-state index in [9.17, 15) is 0 Å². The van der Waals surface area contributed by atoms with Gasteiger partial charge in [-0.3, -0.25) is 0 Å². The second-order valence-electron chi connectivity index (χ2n) is 5.77. The van der Waals surface area contributed by atoms with Gasteiger partial charge < -0.3 is 15.2 Å². The fourth-order valence-corrected chi connectivity index (χ4v) is 2.96. The minimum Gasteiger partial charge on any atom is -0.491 e. The van der Waals surface area contributed by atoms with E-state index in [0.29, 0.717) is 11.6 Å². The number of aryl methyl sites for hydroxylation is 1. The third kappa shape index (κ3) is 4.21. The molecule has 1 aromatic heterocycles. The van der Waals surface area contributed by atoms with Crippen LogP contribution in [0.4, 0.5) is 11.5 Å². The lowest BCUT2D eigenvalue weighted by Crippen LogP contribution is -2.03. The second-order valence-corrected chi connectivity index (χ2v) is 6.18. The lowest BCUT2D eigenvalue weighted by molar-refractivity contribution is 0.201. The van der Waals surface area contributed by atoms with E-state index in [1.54, 1.807) is 0 Å². The summed E-state index contributed by atoms with van der Waals surface area (Å²) in [4.78, 5) is 4.64. The summed E-state index contributed by atoms with van der Waals surface area (Å²) in [7, 11) is 0. The smallest absolute Gasteiger partial charge is 0.131 e. The van der Waals surface area contributed by atoms with Crippen LogP contribution < -0.4 is 10.1 Å². The number of fused-ring (bicyclic) bond motifs is 1. The molecule has 0 spiro atoms. The van der Waals surface area contributed by atoms with Crippen LogP contribution in [0, 0.1) is 0 Å². The van der Waals surface area contributed by atoms with Crippen molar-refractivity contribution >= 4 is 34.0 Å². The van der Waals surface area contributed by atoms with Crippen molar-refractivity contribution in [3.63, 3.8) is 0 Å². The number of hydrogen-bond acceptors (Lipinski definition) is 4. The number of pyridine rings is 1. The molecule has 0 aliphatic rings. The molecule has 0 bridgehead atoms. The molecule has 3 aromatic rings. The molecule has 0 fully saturated rings. The molecule has 0 atom stereocenters. The van der Waals surface area contributed by atoms with Crippen LogP contribution in [0.15, 0.2) is 48.5 Å². The molecule has 2 N–H and O–H groups in total. The average molecular weight is 357 g/mol. The lowest BCUT2D eigenvalue weighted by atomic mass is 10.1. The van der Waals surface area contributed by atoms with Crippen LogP contribution >= 0.6 is 11.6 Å². The van der Waals surface area contributed by atoms with E-state index in [-0.39, 0.29) is 6.61 Å². The van der Waals surface area contributed by atoms with E-state index in [1.165, 1.54) is 0 Å². The number of para-hydroxylation sites is 1. The van der Waals surface area contributed by atoms with Crippen molar-refractivity contribution in [2.45, 2.75) is 19.8 Å². The first-order chi connectivity index (χ1) is 12.2. The van der Waals surface area contributed by atoms with Crippen molar-refractivity contribution in [2.24, 2.45) is 0 Å². The maximum absolute atomic E-state index is 8.90. The number of aliphatic hydroxyl groups is 1. The van der Waals surface area contributed by atoms with Crippen LogP contribution in [-0.4, -0.2) is 23.3 Å². The van der Waals surface area contributed by atoms with E-state index in [1.807, 2.05) is 48.5 Å². The van der Waals surface area contributed by atoms with Crippen LogP contribution in [0.25, 0.3) is 10.9 Å². The third-order valence-electron chi connectivity index (χ3n) is 3.89. The molecule has 0 saturated carbocycles. The predicted molar refractivity (Wildman–Crippen MR) is 103 cm³/mol. The van der Waals surface area contributed by atoms with E-state index in [0.717, 1.165) is 46.6 Å². The van der Waals surface area contributed by atoms with E-state index in [2.05, 4.69) is 17.2 Å². The summed E-state index contributed by atoms with van der Waals surface area (Å²) < 4.78 is 5.51. The normalized spacial score (nSPS) is 10.8. The van der Waals surface area contributed by atoms with Gasteiger partial charge in [0.1, 0.15) is 18.2 Å². The molecule has 5 heteroatoms. The number of rotatable bonds is 7. The highest BCUT2D eigenvalue weighted by Crippen LogP contribution is 2.28. The maximum Gasteiger partial charge on any atom is 0.131 e. The quantitative estimate of drug-likeness (QED) is 0.628. The molecular formula is C20H21ClN2O2. The zero-order chi connectivity index (χ0) is 17.6. The Hall–Kier alpha value is -2.30. The lowest BCUT2D eigenvalue weighted by Gasteiger charge is -2.14. The number of aliphatic hydroxyl groups excluding tert-OH is 1. The van der Waals surface area contributed by atoms with Gasteiger partial charge >= 0.3 is 0 Å². The standard InChI is InChI=1S/C20H21ClN2O2/c1-2-4-15-13-16(25-12-11-24)8-9-18(15)22-19-10-7-14-5-3-6-17(21)20(14)23-19/h3,5-10,13,24H,2,4,11-12H2,1H3,(H,22,23). The minimum atomic E-state index is 0.00484. The Morgan fingerprint density at radius 1 is 1.16 bits per heavy atom. The topological polar surface area (TPSA) is 54.4 Å². The van der Waals surface area contributed by atoms with Gasteiger partial charge in [0.2, 0.25) is 0 Å². The minimum absolute atomic E-state index is 0.00484. The number of ether oxygens (including phenoxy) is 1. The molecule has 0 amide bonds. The fraction of sp³-hybridized carbons (Fsp3) is 0.250. The highest BCUT2D eigenvalue weighted by molar-refractivity contribution is 6.35. The van der Waals surface area contributed by atoms with Crippen LogP contribution in [0.2, 0.25) is 5.02 Å². The van der Waals surface area contributed by atoms with Crippen molar-refractivity contribution in [3.05, 3.63) is 59.1 Å². The van der Waals surface area contributed by atoms with Crippen LogP contribution in [0.5, 0.6) is 5.75 Å². The first-order valence-electron chi connectivity index (χ1n) is 8.40. The molecule has 2 aromatic carbocycles. The molecule has 0 radical (unpaired) electrons. The molecule has 4 nitrogen and oxygen atoms in total. The molecule has 0 aliphatic heterocycles. The molecule has 0 aliphatic carbocycles. The molecule has 1 heterocycles. The Balaban J connectivity index is 1.89. The van der Waals surface area contributed by atoms with Gasteiger partial charge in [0, 0.05) is 11.1 Å². The highest BCUT2D eigenvalue weighted by atomic mass is 35.5. The van der Waals surface area contributed by atoms with Crippen LogP contribution in [0.3, 0.4) is 0 Å². The maximum atomic E-state index is 8.90. The summed E-state index contributed by atoms with van der Waals surface area (Å²) in [5.74, 6) is 1.51. The van der Waals surface area contributed by atoms with Crippen molar-refractivity contribution in [2.75, 3.05) is 18.5 Å². The number of anilines is 2. The van der Waals surface area contributed by atoms with E-state index in [4.69, 9.17) is 21.4 Å². The van der Waals surface area contributed by atoms with Gasteiger partial charge in [-0.15, -0.1) is 0 Å². The SMILES string of the molecule is CCCc1cc(OCCO)ccc1Nc1ccc2cccc(Cl)c2n1. The zero-order valence-electron chi connectivity index (χ0n) is 14.1. The highest BCUT2D eigenvalue weighted by Gasteiger charge is 2.07. The van der Waals surface area contributed by atoms with Crippen molar-refractivity contribution in [3.8, 4) is 5.75 Å². The van der Waals surface area contributed by atoms with Gasteiger partial charge in [-0.2, -0.15) is 0 Å². The number of aromatic nitrogens is 1. The zero-order valence-corrected chi connectivity index (χ0v) is 14.9. The largest absolute Gasteiger partial charge is 0.491 e. The Bertz CT molecular complexity index is 867. The van der Waals surface area contributed by atoms with Gasteiger partial charge in [-0.05, 0) is 48.4 Å². The summed E-state index contributed by atoms with van der Waals surface area (Å²) in [6, 6.07) is 15.6. The first-order valence-corrected chi connectivity index (χ1v) is 8.78. The Kier molecular flexibility index (Phi) is 5.74. The van der Waals surface area contributed by atoms with Gasteiger partial charge in [0.05, 0.1) is 17.1 Å². The molecule has 130 valence electrons. The summed E-state index contributed by atoms with van der Waals surface area (Å²) in [5.41, 5.74) is 2.94. The van der Waals surface area contributed by atoms with Gasteiger partial charge in [-0.1, -0.05) is 37.1 Å². The Morgan fingerprint density at radius 2 is 2.04 bits per heavy atom. The Labute approximate surface area is 152 Å².